The van der Waals surface area contributed by atoms with Gasteiger partial charge >= 0.3 is 0 Å². The van der Waals surface area contributed by atoms with Gasteiger partial charge in [0.25, 0.3) is 0 Å². The van der Waals surface area contributed by atoms with Crippen molar-refractivity contribution in [2.75, 3.05) is 25.5 Å². The Hall–Kier alpha value is -1.11. The number of hydrogen-bond acceptors (Lipinski definition) is 4. The first kappa shape index (κ1) is 13.3. The van der Waals surface area contributed by atoms with Gasteiger partial charge in [-0.15, -0.1) is 0 Å². The van der Waals surface area contributed by atoms with Crippen molar-refractivity contribution in [3.05, 3.63) is 23.8 Å². The van der Waals surface area contributed by atoms with Crippen LogP contribution in [0.5, 0.6) is 0 Å². The van der Waals surface area contributed by atoms with Gasteiger partial charge in [-0.1, -0.05) is 6.07 Å². The van der Waals surface area contributed by atoms with E-state index in [9.17, 15) is 8.42 Å². The summed E-state index contributed by atoms with van der Waals surface area (Å²) in [5, 5.41) is 12.2. The first-order chi connectivity index (χ1) is 8.46. The molecule has 0 fully saturated rings. The van der Waals surface area contributed by atoms with E-state index in [0.29, 0.717) is 0 Å². The summed E-state index contributed by atoms with van der Waals surface area (Å²) in [4.78, 5) is 0.262. The third kappa shape index (κ3) is 2.23. The quantitative estimate of drug-likeness (QED) is 0.843. The second-order valence-electron chi connectivity index (χ2n) is 4.55. The van der Waals surface area contributed by atoms with Gasteiger partial charge in [-0.2, -0.15) is 4.31 Å². The van der Waals surface area contributed by atoms with Crippen LogP contribution in [-0.2, 0) is 16.4 Å². The van der Waals surface area contributed by atoms with Crippen molar-refractivity contribution in [1.29, 1.82) is 0 Å². The average Bonchev–Trinajstić information content (AvgIpc) is 2.83. The number of likely N-dealkylation sites (N-methyl/N-ethyl adjacent to an activating group) is 1. The van der Waals surface area contributed by atoms with Crippen molar-refractivity contribution in [2.45, 2.75) is 24.3 Å². The van der Waals surface area contributed by atoms with E-state index in [-0.39, 0.29) is 11.5 Å². The third-order valence-electron chi connectivity index (χ3n) is 3.35. The number of aliphatic hydroxyl groups excluding tert-OH is 1. The maximum Gasteiger partial charge on any atom is 0.243 e. The highest BCUT2D eigenvalue weighted by Crippen LogP contribution is 2.27. The minimum atomic E-state index is -3.54. The van der Waals surface area contributed by atoms with Gasteiger partial charge in [0, 0.05) is 25.3 Å². The Balaban J connectivity index is 2.36. The zero-order chi connectivity index (χ0) is 13.3. The van der Waals surface area contributed by atoms with E-state index in [1.54, 1.807) is 19.1 Å². The van der Waals surface area contributed by atoms with Crippen molar-refractivity contribution in [2.24, 2.45) is 0 Å². The highest BCUT2D eigenvalue weighted by Gasteiger charge is 2.26. The molecule has 5 nitrogen and oxygen atoms in total. The van der Waals surface area contributed by atoms with Crippen LogP contribution in [0.1, 0.15) is 12.5 Å². The van der Waals surface area contributed by atoms with Crippen LogP contribution < -0.4 is 5.32 Å². The number of rotatable bonds is 4. The van der Waals surface area contributed by atoms with E-state index in [1.165, 1.54) is 11.4 Å². The number of sulfonamides is 1. The number of nitrogens with one attached hydrogen (secondary N) is 1. The second-order valence-corrected chi connectivity index (χ2v) is 6.55. The maximum absolute atomic E-state index is 12.3. The molecule has 0 bridgehead atoms. The van der Waals surface area contributed by atoms with Crippen molar-refractivity contribution in [1.82, 2.24) is 4.31 Å². The van der Waals surface area contributed by atoms with E-state index < -0.39 is 16.1 Å². The zero-order valence-corrected chi connectivity index (χ0v) is 11.4. The fourth-order valence-corrected chi connectivity index (χ4v) is 3.33. The van der Waals surface area contributed by atoms with Gasteiger partial charge in [-0.25, -0.2) is 8.42 Å². The van der Waals surface area contributed by atoms with Gasteiger partial charge in [-0.3, -0.25) is 0 Å². The summed E-state index contributed by atoms with van der Waals surface area (Å²) < 4.78 is 25.8. The standard InChI is InChI=1S/C12H18N2O3S/c1-9(8-15)14(2)18(16,17)11-4-3-10-5-6-13-12(10)7-11/h3-4,7,9,13,15H,5-6,8H2,1-2H3. The Labute approximate surface area is 107 Å². The lowest BCUT2D eigenvalue weighted by Crippen LogP contribution is -2.37. The number of aliphatic hydroxyl groups is 1. The van der Waals surface area contributed by atoms with Gasteiger partial charge in [-0.05, 0) is 31.0 Å². The van der Waals surface area contributed by atoms with Gasteiger partial charge in [0.2, 0.25) is 10.0 Å². The SMILES string of the molecule is CC(CO)N(C)S(=O)(=O)c1ccc2c(c1)NCC2. The molecule has 0 radical (unpaired) electrons. The van der Waals surface area contributed by atoms with E-state index in [2.05, 4.69) is 5.32 Å². The topological polar surface area (TPSA) is 69.6 Å². The van der Waals surface area contributed by atoms with E-state index in [1.807, 2.05) is 6.07 Å². The van der Waals surface area contributed by atoms with Crippen LogP contribution in [-0.4, -0.2) is 44.1 Å². The highest BCUT2D eigenvalue weighted by atomic mass is 32.2. The van der Waals surface area contributed by atoms with Crippen LogP contribution in [0.15, 0.2) is 23.1 Å². The number of anilines is 1. The van der Waals surface area contributed by atoms with Crippen LogP contribution in [0.4, 0.5) is 5.69 Å². The molecule has 1 aliphatic heterocycles. The monoisotopic (exact) mass is 270 g/mol. The zero-order valence-electron chi connectivity index (χ0n) is 10.5. The fourth-order valence-electron chi connectivity index (χ4n) is 1.95. The molecule has 0 amide bonds. The molecule has 100 valence electrons. The predicted octanol–water partition coefficient (Wildman–Crippen LogP) is 0.656. The molecule has 1 unspecified atom stereocenters. The van der Waals surface area contributed by atoms with E-state index in [0.717, 1.165) is 24.2 Å². The molecule has 1 aromatic rings. The lowest BCUT2D eigenvalue weighted by atomic mass is 10.2. The van der Waals surface area contributed by atoms with Crippen LogP contribution in [0, 0.1) is 0 Å². The van der Waals surface area contributed by atoms with Crippen molar-refractivity contribution in [3.63, 3.8) is 0 Å². The summed E-state index contributed by atoms with van der Waals surface area (Å²) >= 11 is 0. The molecule has 2 rings (SSSR count). The lowest BCUT2D eigenvalue weighted by Gasteiger charge is -2.22. The summed E-state index contributed by atoms with van der Waals surface area (Å²) in [6.45, 7) is 2.32. The molecular formula is C12H18N2O3S. The maximum atomic E-state index is 12.3. The lowest BCUT2D eigenvalue weighted by molar-refractivity contribution is 0.214. The average molecular weight is 270 g/mol. The number of nitrogens with zero attached hydrogens (tertiary/aromatic N) is 1. The van der Waals surface area contributed by atoms with Gasteiger partial charge in [0.05, 0.1) is 11.5 Å². The van der Waals surface area contributed by atoms with E-state index >= 15 is 0 Å². The van der Waals surface area contributed by atoms with Crippen molar-refractivity contribution >= 4 is 15.7 Å². The highest BCUT2D eigenvalue weighted by molar-refractivity contribution is 7.89. The van der Waals surface area contributed by atoms with Crippen LogP contribution >= 0.6 is 0 Å². The Morgan fingerprint density at radius 3 is 2.89 bits per heavy atom. The second kappa shape index (κ2) is 4.87. The number of fused-ring (bicyclic) bond motifs is 1. The predicted molar refractivity (Wildman–Crippen MR) is 70.1 cm³/mol. The molecule has 0 aliphatic carbocycles. The fraction of sp³-hybridized carbons (Fsp3) is 0.500. The largest absolute Gasteiger partial charge is 0.395 e. The Bertz CT molecular complexity index is 542. The molecule has 0 saturated carbocycles. The molecule has 2 N–H and O–H groups in total. The molecule has 0 saturated heterocycles. The Morgan fingerprint density at radius 2 is 2.22 bits per heavy atom. The molecule has 1 atom stereocenters. The summed E-state index contributed by atoms with van der Waals surface area (Å²) in [5.74, 6) is 0. The molecule has 0 aromatic heterocycles. The first-order valence-corrected chi connectivity index (χ1v) is 7.36. The van der Waals surface area contributed by atoms with Crippen LogP contribution in [0.25, 0.3) is 0 Å². The molecule has 1 aromatic carbocycles. The van der Waals surface area contributed by atoms with E-state index in [4.69, 9.17) is 5.11 Å². The summed E-state index contributed by atoms with van der Waals surface area (Å²) in [6.07, 6.45) is 0.929. The minimum Gasteiger partial charge on any atom is -0.395 e. The molecule has 18 heavy (non-hydrogen) atoms. The summed E-state index contributed by atoms with van der Waals surface area (Å²) in [5.41, 5.74) is 2.04. The van der Waals surface area contributed by atoms with Crippen LogP contribution in [0.2, 0.25) is 0 Å². The minimum absolute atomic E-state index is 0.196. The normalized spacial score (nSPS) is 16.4. The number of benzene rings is 1. The molecule has 0 spiro atoms. The smallest absolute Gasteiger partial charge is 0.243 e. The molecule has 6 heteroatoms. The number of hydrogen-bond donors (Lipinski definition) is 2. The third-order valence-corrected chi connectivity index (χ3v) is 5.32. The Kier molecular flexibility index (Phi) is 3.61. The van der Waals surface area contributed by atoms with Gasteiger partial charge in [0.15, 0.2) is 0 Å². The first-order valence-electron chi connectivity index (χ1n) is 5.92. The van der Waals surface area contributed by atoms with Crippen LogP contribution in [0.3, 0.4) is 0 Å². The Morgan fingerprint density at radius 1 is 1.50 bits per heavy atom. The summed E-state index contributed by atoms with van der Waals surface area (Å²) in [6, 6.07) is 4.70. The molecule has 1 heterocycles. The van der Waals surface area contributed by atoms with Crippen molar-refractivity contribution < 1.29 is 13.5 Å². The van der Waals surface area contributed by atoms with Crippen molar-refractivity contribution in [3.8, 4) is 0 Å². The molecular weight excluding hydrogens is 252 g/mol. The van der Waals surface area contributed by atoms with Gasteiger partial charge < -0.3 is 10.4 Å². The van der Waals surface area contributed by atoms with Gasteiger partial charge in [0.1, 0.15) is 0 Å². The molecule has 1 aliphatic rings. The summed E-state index contributed by atoms with van der Waals surface area (Å²) in [7, 11) is -2.06.